The molecular formula is C20H21N3O3. The van der Waals surface area contributed by atoms with Gasteiger partial charge >= 0.3 is 0 Å². The van der Waals surface area contributed by atoms with Crippen molar-refractivity contribution in [2.24, 2.45) is 0 Å². The van der Waals surface area contributed by atoms with Crippen molar-refractivity contribution in [1.82, 2.24) is 14.9 Å². The molecule has 1 aromatic heterocycles. The van der Waals surface area contributed by atoms with E-state index in [0.717, 1.165) is 22.4 Å². The first-order valence-electron chi connectivity index (χ1n) is 8.79. The van der Waals surface area contributed by atoms with Gasteiger partial charge in [0.15, 0.2) is 0 Å². The molecule has 1 fully saturated rings. The van der Waals surface area contributed by atoms with Crippen molar-refractivity contribution in [3.63, 3.8) is 0 Å². The van der Waals surface area contributed by atoms with Crippen LogP contribution in [-0.4, -0.2) is 57.8 Å². The number of hydrogen-bond donors (Lipinski definition) is 2. The van der Waals surface area contributed by atoms with Gasteiger partial charge in [0.05, 0.1) is 36.4 Å². The topological polar surface area (TPSA) is 78.5 Å². The van der Waals surface area contributed by atoms with Gasteiger partial charge in [0.25, 0.3) is 5.91 Å². The Morgan fingerprint density at radius 3 is 2.85 bits per heavy atom. The normalized spacial score (nSPS) is 19.8. The third kappa shape index (κ3) is 2.98. The van der Waals surface area contributed by atoms with Crippen LogP contribution in [0.1, 0.15) is 17.3 Å². The van der Waals surface area contributed by atoms with Gasteiger partial charge in [-0.2, -0.15) is 0 Å². The molecular weight excluding hydrogens is 330 g/mol. The SMILES string of the molecule is CCN(C(=O)c1cccc(-c2nc3ccccc3[nH]2)c1)[C@H]1COC[C@@H]1O. The summed E-state index contributed by atoms with van der Waals surface area (Å²) in [7, 11) is 0. The van der Waals surface area contributed by atoms with Crippen molar-refractivity contribution >= 4 is 16.9 Å². The second kappa shape index (κ2) is 6.90. The van der Waals surface area contributed by atoms with Gasteiger partial charge in [0.1, 0.15) is 5.82 Å². The van der Waals surface area contributed by atoms with E-state index >= 15 is 0 Å². The van der Waals surface area contributed by atoms with Gasteiger partial charge < -0.3 is 19.7 Å². The number of hydrogen-bond acceptors (Lipinski definition) is 4. The van der Waals surface area contributed by atoms with E-state index in [2.05, 4.69) is 9.97 Å². The first-order valence-corrected chi connectivity index (χ1v) is 8.79. The summed E-state index contributed by atoms with van der Waals surface area (Å²) in [5, 5.41) is 10.1. The molecule has 0 saturated carbocycles. The predicted octanol–water partition coefficient (Wildman–Crippen LogP) is 2.45. The highest BCUT2D eigenvalue weighted by Crippen LogP contribution is 2.23. The first kappa shape index (κ1) is 16.8. The first-order chi connectivity index (χ1) is 12.7. The average Bonchev–Trinajstić information content (AvgIpc) is 3.29. The number of carbonyl (C=O) groups is 1. The van der Waals surface area contributed by atoms with Crippen LogP contribution in [-0.2, 0) is 4.74 Å². The summed E-state index contributed by atoms with van der Waals surface area (Å²) in [6.45, 7) is 3.06. The standard InChI is InChI=1S/C20H21N3O3/c1-2-23(17-11-26-12-18(17)24)20(25)14-7-5-6-13(10-14)19-21-15-8-3-4-9-16(15)22-19/h3-10,17-18,24H,2,11-12H2,1H3,(H,21,22)/t17-,18-/m0/s1. The van der Waals surface area contributed by atoms with Crippen LogP contribution in [0.2, 0.25) is 0 Å². The second-order valence-electron chi connectivity index (χ2n) is 6.45. The van der Waals surface area contributed by atoms with E-state index in [-0.39, 0.29) is 18.6 Å². The molecule has 0 radical (unpaired) electrons. The quantitative estimate of drug-likeness (QED) is 0.757. The molecule has 6 heteroatoms. The molecule has 134 valence electrons. The Labute approximate surface area is 151 Å². The van der Waals surface area contributed by atoms with Gasteiger partial charge in [0.2, 0.25) is 0 Å². The molecule has 3 aromatic rings. The molecule has 6 nitrogen and oxygen atoms in total. The third-order valence-corrected chi connectivity index (χ3v) is 4.80. The van der Waals surface area contributed by atoms with Gasteiger partial charge in [-0.25, -0.2) is 4.98 Å². The Morgan fingerprint density at radius 2 is 2.12 bits per heavy atom. The van der Waals surface area contributed by atoms with Gasteiger partial charge in [-0.1, -0.05) is 24.3 Å². The van der Waals surface area contributed by atoms with Crippen LogP contribution in [0.3, 0.4) is 0 Å². The Hall–Kier alpha value is -2.70. The van der Waals surface area contributed by atoms with Gasteiger partial charge in [-0.15, -0.1) is 0 Å². The molecule has 0 bridgehead atoms. The molecule has 26 heavy (non-hydrogen) atoms. The predicted molar refractivity (Wildman–Crippen MR) is 98.9 cm³/mol. The molecule has 1 saturated heterocycles. The molecule has 2 aromatic carbocycles. The number of fused-ring (bicyclic) bond motifs is 1. The van der Waals surface area contributed by atoms with Crippen molar-refractivity contribution in [2.75, 3.05) is 19.8 Å². The highest BCUT2D eigenvalue weighted by molar-refractivity contribution is 5.95. The summed E-state index contributed by atoms with van der Waals surface area (Å²) < 4.78 is 5.31. The molecule has 2 atom stereocenters. The van der Waals surface area contributed by atoms with Crippen molar-refractivity contribution in [3.05, 3.63) is 54.1 Å². The minimum absolute atomic E-state index is 0.111. The minimum atomic E-state index is -0.641. The number of aromatic nitrogens is 2. The molecule has 0 unspecified atom stereocenters. The number of para-hydroxylation sites is 2. The summed E-state index contributed by atoms with van der Waals surface area (Å²) in [6, 6.07) is 14.9. The number of aliphatic hydroxyl groups is 1. The molecule has 1 aliphatic heterocycles. The van der Waals surface area contributed by atoms with E-state index in [9.17, 15) is 9.90 Å². The smallest absolute Gasteiger partial charge is 0.254 e. The van der Waals surface area contributed by atoms with Crippen LogP contribution < -0.4 is 0 Å². The lowest BCUT2D eigenvalue weighted by Gasteiger charge is -2.29. The molecule has 4 rings (SSSR count). The number of nitrogens with zero attached hydrogens (tertiary/aromatic N) is 2. The lowest BCUT2D eigenvalue weighted by Crippen LogP contribution is -2.46. The number of aromatic amines is 1. The number of ether oxygens (including phenoxy) is 1. The lowest BCUT2D eigenvalue weighted by molar-refractivity contribution is 0.0520. The summed E-state index contributed by atoms with van der Waals surface area (Å²) in [5.41, 5.74) is 3.27. The maximum Gasteiger partial charge on any atom is 0.254 e. The maximum atomic E-state index is 13.0. The lowest BCUT2D eigenvalue weighted by atomic mass is 10.1. The second-order valence-corrected chi connectivity index (χ2v) is 6.45. The number of imidazole rings is 1. The van der Waals surface area contributed by atoms with Crippen LogP contribution >= 0.6 is 0 Å². The zero-order valence-electron chi connectivity index (χ0n) is 14.6. The fraction of sp³-hybridized carbons (Fsp3) is 0.300. The number of amides is 1. The van der Waals surface area contributed by atoms with Gasteiger partial charge in [-0.3, -0.25) is 4.79 Å². The van der Waals surface area contributed by atoms with E-state index in [1.807, 2.05) is 49.4 Å². The fourth-order valence-electron chi connectivity index (χ4n) is 3.41. The molecule has 2 N–H and O–H groups in total. The van der Waals surface area contributed by atoms with E-state index < -0.39 is 6.10 Å². The number of benzene rings is 2. The number of carbonyl (C=O) groups excluding carboxylic acids is 1. The Morgan fingerprint density at radius 1 is 1.27 bits per heavy atom. The average molecular weight is 351 g/mol. The maximum absolute atomic E-state index is 13.0. The highest BCUT2D eigenvalue weighted by atomic mass is 16.5. The van der Waals surface area contributed by atoms with E-state index in [0.29, 0.717) is 18.7 Å². The zero-order chi connectivity index (χ0) is 18.1. The monoisotopic (exact) mass is 351 g/mol. The largest absolute Gasteiger partial charge is 0.388 e. The number of likely N-dealkylation sites (N-methyl/N-ethyl adjacent to an activating group) is 1. The third-order valence-electron chi connectivity index (χ3n) is 4.80. The number of aliphatic hydroxyl groups excluding tert-OH is 1. The van der Waals surface area contributed by atoms with Crippen LogP contribution in [0.5, 0.6) is 0 Å². The van der Waals surface area contributed by atoms with Crippen LogP contribution in [0.15, 0.2) is 48.5 Å². The summed E-state index contributed by atoms with van der Waals surface area (Å²) in [4.78, 5) is 22.6. The van der Waals surface area contributed by atoms with Crippen molar-refractivity contribution < 1.29 is 14.6 Å². The van der Waals surface area contributed by atoms with Crippen molar-refractivity contribution in [2.45, 2.75) is 19.1 Å². The molecule has 1 aliphatic rings. The Kier molecular flexibility index (Phi) is 4.44. The summed E-state index contributed by atoms with van der Waals surface area (Å²) >= 11 is 0. The number of H-pyrrole nitrogens is 1. The number of rotatable bonds is 4. The molecule has 0 spiro atoms. The summed E-state index contributed by atoms with van der Waals surface area (Å²) in [5.74, 6) is 0.619. The fourth-order valence-corrected chi connectivity index (χ4v) is 3.41. The molecule has 1 amide bonds. The van der Waals surface area contributed by atoms with Crippen molar-refractivity contribution in [3.8, 4) is 11.4 Å². The van der Waals surface area contributed by atoms with Crippen molar-refractivity contribution in [1.29, 1.82) is 0 Å². The number of nitrogens with one attached hydrogen (secondary N) is 1. The minimum Gasteiger partial charge on any atom is -0.388 e. The van der Waals surface area contributed by atoms with E-state index in [1.165, 1.54) is 0 Å². The molecule has 2 heterocycles. The van der Waals surface area contributed by atoms with Gasteiger partial charge in [0, 0.05) is 17.7 Å². The van der Waals surface area contributed by atoms with Crippen LogP contribution in [0.25, 0.3) is 22.4 Å². The van der Waals surface area contributed by atoms with E-state index in [4.69, 9.17) is 4.74 Å². The van der Waals surface area contributed by atoms with E-state index in [1.54, 1.807) is 11.0 Å². The van der Waals surface area contributed by atoms with Crippen LogP contribution in [0.4, 0.5) is 0 Å². The Bertz CT molecular complexity index is 904. The van der Waals surface area contributed by atoms with Gasteiger partial charge in [-0.05, 0) is 31.2 Å². The van der Waals surface area contributed by atoms with Crippen LogP contribution in [0, 0.1) is 0 Å². The Balaban J connectivity index is 1.65. The molecule has 0 aliphatic carbocycles. The summed E-state index contributed by atoms with van der Waals surface area (Å²) in [6.07, 6.45) is -0.641. The zero-order valence-corrected chi connectivity index (χ0v) is 14.6. The highest BCUT2D eigenvalue weighted by Gasteiger charge is 2.34.